The Labute approximate surface area is 203 Å². The standard InChI is InChI=1S/C30H47N2O/c1-2-3-4-5-6-7-8-9-10-11-12-13-14-15-16-20-23-29-26-31-24-25-32(29)27-30(33)28-21-18-17-19-22-28/h17-19,21-22,24-26H,2-16,20,23,27H2,1H3/q+1. The van der Waals surface area contributed by atoms with E-state index in [2.05, 4.69) is 16.5 Å². The summed E-state index contributed by atoms with van der Waals surface area (Å²) in [5.41, 5.74) is 1.93. The van der Waals surface area contributed by atoms with Gasteiger partial charge >= 0.3 is 0 Å². The van der Waals surface area contributed by atoms with Crippen LogP contribution in [0.15, 0.2) is 48.9 Å². The quantitative estimate of drug-likeness (QED) is 0.116. The number of carbonyl (C=O) groups is 1. The average Bonchev–Trinajstić information content (AvgIpc) is 2.85. The minimum absolute atomic E-state index is 0.153. The Morgan fingerprint density at radius 3 is 1.79 bits per heavy atom. The van der Waals surface area contributed by atoms with Gasteiger partial charge in [-0.3, -0.25) is 9.78 Å². The zero-order valence-corrected chi connectivity index (χ0v) is 21.1. The van der Waals surface area contributed by atoms with Crippen molar-refractivity contribution in [2.75, 3.05) is 0 Å². The Balaban J connectivity index is 1.47. The van der Waals surface area contributed by atoms with Crippen molar-refractivity contribution in [2.45, 2.75) is 123 Å². The Hall–Kier alpha value is -2.03. The number of aryl methyl sites for hydroxylation is 1. The summed E-state index contributed by atoms with van der Waals surface area (Å²) >= 11 is 0. The minimum Gasteiger partial charge on any atom is -0.287 e. The second-order valence-electron chi connectivity index (χ2n) is 9.54. The summed E-state index contributed by atoms with van der Waals surface area (Å²) in [7, 11) is 0. The molecule has 3 nitrogen and oxygen atoms in total. The number of hydrogen-bond acceptors (Lipinski definition) is 2. The van der Waals surface area contributed by atoms with Gasteiger partial charge in [-0.15, -0.1) is 0 Å². The molecule has 0 radical (unpaired) electrons. The van der Waals surface area contributed by atoms with Crippen molar-refractivity contribution >= 4 is 5.78 Å². The van der Waals surface area contributed by atoms with Crippen molar-refractivity contribution in [3.63, 3.8) is 0 Å². The molecule has 0 aliphatic rings. The molecule has 1 aromatic heterocycles. The lowest BCUT2D eigenvalue weighted by Crippen LogP contribution is -2.41. The summed E-state index contributed by atoms with van der Waals surface area (Å²) < 4.78 is 2.06. The van der Waals surface area contributed by atoms with Crippen LogP contribution in [0.5, 0.6) is 0 Å². The van der Waals surface area contributed by atoms with E-state index in [0.29, 0.717) is 6.54 Å². The molecule has 2 aromatic rings. The number of benzene rings is 1. The van der Waals surface area contributed by atoms with E-state index in [1.807, 2.05) is 42.7 Å². The zero-order valence-electron chi connectivity index (χ0n) is 21.1. The van der Waals surface area contributed by atoms with Crippen LogP contribution >= 0.6 is 0 Å². The smallest absolute Gasteiger partial charge is 0.227 e. The maximum atomic E-state index is 12.5. The summed E-state index contributed by atoms with van der Waals surface area (Å²) in [5.74, 6) is 0.153. The maximum Gasteiger partial charge on any atom is 0.227 e. The van der Waals surface area contributed by atoms with Gasteiger partial charge in [0.1, 0.15) is 0 Å². The fourth-order valence-electron chi connectivity index (χ4n) is 4.50. The molecule has 0 amide bonds. The molecule has 1 aromatic carbocycles. The van der Waals surface area contributed by atoms with Gasteiger partial charge in [0.05, 0.1) is 12.4 Å². The Kier molecular flexibility index (Phi) is 15.2. The Morgan fingerprint density at radius 2 is 1.24 bits per heavy atom. The van der Waals surface area contributed by atoms with Gasteiger partial charge in [0, 0.05) is 12.0 Å². The molecule has 2 rings (SSSR count). The largest absolute Gasteiger partial charge is 0.287 e. The molecule has 1 heterocycles. The van der Waals surface area contributed by atoms with E-state index >= 15 is 0 Å². The van der Waals surface area contributed by atoms with Crippen LogP contribution in [-0.4, -0.2) is 10.8 Å². The van der Waals surface area contributed by atoms with Crippen molar-refractivity contribution in [3.05, 3.63) is 60.2 Å². The molecule has 0 unspecified atom stereocenters. The van der Waals surface area contributed by atoms with Crippen LogP contribution in [0, 0.1) is 0 Å². The number of unbranched alkanes of at least 4 members (excludes halogenated alkanes) is 15. The predicted molar refractivity (Wildman–Crippen MR) is 138 cm³/mol. The Morgan fingerprint density at radius 1 is 0.727 bits per heavy atom. The highest BCUT2D eigenvalue weighted by molar-refractivity contribution is 5.94. The molecule has 3 heteroatoms. The number of rotatable bonds is 20. The molecule has 0 atom stereocenters. The summed E-state index contributed by atoms with van der Waals surface area (Å²) in [6.07, 6.45) is 28.8. The topological polar surface area (TPSA) is 33.8 Å². The second kappa shape index (κ2) is 18.4. The highest BCUT2D eigenvalue weighted by Gasteiger charge is 2.16. The molecular formula is C30H47N2O+. The summed E-state index contributed by atoms with van der Waals surface area (Å²) in [4.78, 5) is 16.8. The normalized spacial score (nSPS) is 11.1. The lowest BCUT2D eigenvalue weighted by atomic mass is 10.0. The zero-order chi connectivity index (χ0) is 23.4. The molecule has 0 spiro atoms. The van der Waals surface area contributed by atoms with Crippen LogP contribution in [-0.2, 0) is 13.0 Å². The van der Waals surface area contributed by atoms with Crippen LogP contribution in [0.2, 0.25) is 0 Å². The summed E-state index contributed by atoms with van der Waals surface area (Å²) in [6, 6.07) is 9.56. The minimum atomic E-state index is 0.153. The van der Waals surface area contributed by atoms with Crippen LogP contribution in [0.1, 0.15) is 126 Å². The van der Waals surface area contributed by atoms with Crippen LogP contribution in [0.4, 0.5) is 0 Å². The van der Waals surface area contributed by atoms with Crippen molar-refractivity contribution in [1.82, 2.24) is 4.98 Å². The molecule has 0 aliphatic carbocycles. The number of Topliss-reactive ketones (excluding diaryl/α,β-unsaturated/α-hetero) is 1. The highest BCUT2D eigenvalue weighted by Crippen LogP contribution is 2.14. The van der Waals surface area contributed by atoms with Crippen molar-refractivity contribution in [2.24, 2.45) is 0 Å². The molecule has 0 fully saturated rings. The van der Waals surface area contributed by atoms with Crippen LogP contribution in [0.3, 0.4) is 0 Å². The van der Waals surface area contributed by atoms with Gasteiger partial charge in [0.25, 0.3) is 0 Å². The second-order valence-corrected chi connectivity index (χ2v) is 9.54. The van der Waals surface area contributed by atoms with Gasteiger partial charge in [-0.25, -0.2) is 0 Å². The van der Waals surface area contributed by atoms with E-state index in [1.165, 1.54) is 103 Å². The summed E-state index contributed by atoms with van der Waals surface area (Å²) in [5, 5.41) is 0. The van der Waals surface area contributed by atoms with E-state index in [-0.39, 0.29) is 5.78 Å². The molecule has 0 aliphatic heterocycles. The average molecular weight is 452 g/mol. The fraction of sp³-hybridized carbons (Fsp3) is 0.633. The van der Waals surface area contributed by atoms with Crippen molar-refractivity contribution < 1.29 is 9.36 Å². The molecule has 33 heavy (non-hydrogen) atoms. The van der Waals surface area contributed by atoms with E-state index < -0.39 is 0 Å². The highest BCUT2D eigenvalue weighted by atomic mass is 16.1. The van der Waals surface area contributed by atoms with Crippen LogP contribution < -0.4 is 4.57 Å². The van der Waals surface area contributed by atoms with Gasteiger partial charge in [0.2, 0.25) is 12.3 Å². The third kappa shape index (κ3) is 12.7. The van der Waals surface area contributed by atoms with E-state index in [0.717, 1.165) is 17.7 Å². The third-order valence-corrected chi connectivity index (χ3v) is 6.62. The van der Waals surface area contributed by atoms with Gasteiger partial charge in [-0.05, 0) is 6.42 Å². The van der Waals surface area contributed by atoms with Crippen LogP contribution in [0.25, 0.3) is 0 Å². The first-order chi connectivity index (χ1) is 16.3. The molecule has 0 N–H and O–H groups in total. The van der Waals surface area contributed by atoms with Gasteiger partial charge in [0.15, 0.2) is 11.9 Å². The van der Waals surface area contributed by atoms with E-state index in [4.69, 9.17) is 0 Å². The molecule has 0 bridgehead atoms. The molecule has 0 saturated carbocycles. The summed E-state index contributed by atoms with van der Waals surface area (Å²) in [6.45, 7) is 2.68. The number of nitrogens with zero attached hydrogens (tertiary/aromatic N) is 2. The molecule has 182 valence electrons. The number of hydrogen-bond donors (Lipinski definition) is 0. The lowest BCUT2D eigenvalue weighted by Gasteiger charge is -2.05. The fourth-order valence-corrected chi connectivity index (χ4v) is 4.50. The van der Waals surface area contributed by atoms with Gasteiger partial charge in [-0.2, -0.15) is 4.57 Å². The lowest BCUT2D eigenvalue weighted by molar-refractivity contribution is -0.691. The number of aromatic nitrogens is 2. The number of ketones is 1. The van der Waals surface area contributed by atoms with Gasteiger partial charge < -0.3 is 0 Å². The first-order valence-electron chi connectivity index (χ1n) is 13.7. The molecular weight excluding hydrogens is 404 g/mol. The number of carbonyl (C=O) groups excluding carboxylic acids is 1. The Bertz CT molecular complexity index is 744. The predicted octanol–water partition coefficient (Wildman–Crippen LogP) is 8.06. The SMILES string of the molecule is CCCCCCCCCCCCCCCCCCc1cncc[n+]1CC(=O)c1ccccc1. The maximum absolute atomic E-state index is 12.5. The van der Waals surface area contributed by atoms with Gasteiger partial charge in [-0.1, -0.05) is 134 Å². The van der Waals surface area contributed by atoms with Crippen molar-refractivity contribution in [1.29, 1.82) is 0 Å². The van der Waals surface area contributed by atoms with Crippen molar-refractivity contribution in [3.8, 4) is 0 Å². The third-order valence-electron chi connectivity index (χ3n) is 6.62. The first kappa shape index (κ1) is 27.2. The monoisotopic (exact) mass is 451 g/mol. The van der Waals surface area contributed by atoms with E-state index in [9.17, 15) is 4.79 Å². The molecule has 0 saturated heterocycles. The van der Waals surface area contributed by atoms with E-state index in [1.54, 1.807) is 6.20 Å². The first-order valence-corrected chi connectivity index (χ1v) is 13.7.